The van der Waals surface area contributed by atoms with E-state index in [1.807, 2.05) is 6.07 Å². The van der Waals surface area contributed by atoms with E-state index in [-0.39, 0.29) is 0 Å². The van der Waals surface area contributed by atoms with Gasteiger partial charge in [-0.1, -0.05) is 6.07 Å². The third-order valence-corrected chi connectivity index (χ3v) is 2.60. The van der Waals surface area contributed by atoms with E-state index in [2.05, 4.69) is 5.32 Å². The van der Waals surface area contributed by atoms with Gasteiger partial charge in [-0.15, -0.1) is 0 Å². The van der Waals surface area contributed by atoms with Gasteiger partial charge in [-0.25, -0.2) is 4.79 Å². The first-order chi connectivity index (χ1) is 6.77. The molecule has 0 aliphatic carbocycles. The number of aromatic carboxylic acids is 1. The number of carboxylic acid groups (broad SMARTS) is 1. The van der Waals surface area contributed by atoms with Gasteiger partial charge in [0.25, 0.3) is 0 Å². The summed E-state index contributed by atoms with van der Waals surface area (Å²) in [7, 11) is 0. The van der Waals surface area contributed by atoms with Crippen LogP contribution in [0.15, 0.2) is 18.2 Å². The van der Waals surface area contributed by atoms with Crippen molar-refractivity contribution in [1.82, 2.24) is 5.32 Å². The van der Waals surface area contributed by atoms with Crippen LogP contribution in [-0.4, -0.2) is 24.2 Å². The standard InChI is InChI=1S/C11H13NO2/c13-11(14)10-2-1-8-3-5-12-6-4-9(8)7-10/h1-2,7,12H,3-6H2,(H,13,14). The molecule has 2 rings (SSSR count). The molecule has 0 aromatic heterocycles. The molecule has 0 atom stereocenters. The third-order valence-electron chi connectivity index (χ3n) is 2.60. The molecule has 0 spiro atoms. The highest BCUT2D eigenvalue weighted by molar-refractivity contribution is 5.87. The second kappa shape index (κ2) is 3.80. The van der Waals surface area contributed by atoms with Crippen molar-refractivity contribution in [3.63, 3.8) is 0 Å². The Hall–Kier alpha value is -1.35. The summed E-state index contributed by atoms with van der Waals surface area (Å²) in [6.45, 7) is 1.93. The lowest BCUT2D eigenvalue weighted by Crippen LogP contribution is -2.16. The topological polar surface area (TPSA) is 49.3 Å². The maximum absolute atomic E-state index is 10.8. The van der Waals surface area contributed by atoms with Crippen LogP contribution in [0.1, 0.15) is 21.5 Å². The Morgan fingerprint density at radius 3 is 2.64 bits per heavy atom. The average Bonchev–Trinajstić information content (AvgIpc) is 2.41. The molecule has 1 aromatic rings. The molecule has 0 saturated heterocycles. The van der Waals surface area contributed by atoms with Crippen molar-refractivity contribution in [1.29, 1.82) is 0 Å². The molecule has 1 aliphatic rings. The monoisotopic (exact) mass is 191 g/mol. The summed E-state index contributed by atoms with van der Waals surface area (Å²) in [5.74, 6) is -0.843. The summed E-state index contributed by atoms with van der Waals surface area (Å²) in [4.78, 5) is 10.8. The number of carboxylic acids is 1. The molecule has 0 fully saturated rings. The SMILES string of the molecule is O=C(O)c1ccc2c(c1)CCNCC2. The van der Waals surface area contributed by atoms with Crippen LogP contribution in [0.5, 0.6) is 0 Å². The lowest BCUT2D eigenvalue weighted by atomic mass is 10.0. The van der Waals surface area contributed by atoms with E-state index in [0.29, 0.717) is 5.56 Å². The third kappa shape index (κ3) is 1.77. The van der Waals surface area contributed by atoms with Gasteiger partial charge in [0.15, 0.2) is 0 Å². The number of carbonyl (C=O) groups is 1. The van der Waals surface area contributed by atoms with E-state index in [0.717, 1.165) is 25.9 Å². The maximum Gasteiger partial charge on any atom is 0.335 e. The summed E-state index contributed by atoms with van der Waals surface area (Å²) in [6.07, 6.45) is 1.92. The molecule has 1 aliphatic heterocycles. The minimum Gasteiger partial charge on any atom is -0.478 e. The Bertz CT molecular complexity index is 360. The summed E-state index contributed by atoms with van der Waals surface area (Å²) < 4.78 is 0. The zero-order chi connectivity index (χ0) is 9.97. The van der Waals surface area contributed by atoms with Gasteiger partial charge in [0.2, 0.25) is 0 Å². The number of rotatable bonds is 1. The van der Waals surface area contributed by atoms with Crippen molar-refractivity contribution in [2.24, 2.45) is 0 Å². The second-order valence-electron chi connectivity index (χ2n) is 3.54. The lowest BCUT2D eigenvalue weighted by molar-refractivity contribution is 0.0697. The predicted octanol–water partition coefficient (Wildman–Crippen LogP) is 1.07. The molecule has 3 heteroatoms. The van der Waals surface area contributed by atoms with Gasteiger partial charge in [0.05, 0.1) is 5.56 Å². The molecular formula is C11H13NO2. The Labute approximate surface area is 82.8 Å². The van der Waals surface area contributed by atoms with E-state index in [9.17, 15) is 4.79 Å². The van der Waals surface area contributed by atoms with Crippen LogP contribution >= 0.6 is 0 Å². The second-order valence-corrected chi connectivity index (χ2v) is 3.54. The molecule has 74 valence electrons. The predicted molar refractivity (Wildman–Crippen MR) is 53.7 cm³/mol. The van der Waals surface area contributed by atoms with Crippen LogP contribution in [0, 0.1) is 0 Å². The van der Waals surface area contributed by atoms with Crippen molar-refractivity contribution >= 4 is 5.97 Å². The van der Waals surface area contributed by atoms with E-state index >= 15 is 0 Å². The van der Waals surface area contributed by atoms with Crippen LogP contribution in [0.2, 0.25) is 0 Å². The Kier molecular flexibility index (Phi) is 2.50. The number of hydrogen-bond donors (Lipinski definition) is 2. The van der Waals surface area contributed by atoms with Gasteiger partial charge >= 0.3 is 5.97 Å². The average molecular weight is 191 g/mol. The molecule has 14 heavy (non-hydrogen) atoms. The zero-order valence-electron chi connectivity index (χ0n) is 7.92. The summed E-state index contributed by atoms with van der Waals surface area (Å²) >= 11 is 0. The highest BCUT2D eigenvalue weighted by Crippen LogP contribution is 2.15. The number of benzene rings is 1. The van der Waals surface area contributed by atoms with E-state index < -0.39 is 5.97 Å². The summed E-state index contributed by atoms with van der Waals surface area (Å²) in [5.41, 5.74) is 2.85. The molecule has 1 heterocycles. The molecule has 0 saturated carbocycles. The smallest absolute Gasteiger partial charge is 0.335 e. The Morgan fingerprint density at radius 2 is 1.93 bits per heavy atom. The number of nitrogens with one attached hydrogen (secondary N) is 1. The highest BCUT2D eigenvalue weighted by Gasteiger charge is 2.10. The molecule has 3 nitrogen and oxygen atoms in total. The van der Waals surface area contributed by atoms with Crippen LogP contribution < -0.4 is 5.32 Å². The fraction of sp³-hybridized carbons (Fsp3) is 0.364. The minimum absolute atomic E-state index is 0.394. The quantitative estimate of drug-likeness (QED) is 0.698. The molecule has 0 radical (unpaired) electrons. The largest absolute Gasteiger partial charge is 0.478 e. The van der Waals surface area contributed by atoms with Crippen LogP contribution in [0.4, 0.5) is 0 Å². The Balaban J connectivity index is 2.37. The zero-order valence-corrected chi connectivity index (χ0v) is 7.92. The van der Waals surface area contributed by atoms with Crippen molar-refractivity contribution in [2.45, 2.75) is 12.8 Å². The molecule has 0 unspecified atom stereocenters. The first kappa shape index (κ1) is 9.21. The van der Waals surface area contributed by atoms with E-state index in [4.69, 9.17) is 5.11 Å². The summed E-state index contributed by atoms with van der Waals surface area (Å²) in [6, 6.07) is 5.42. The molecule has 1 aromatic carbocycles. The fourth-order valence-electron chi connectivity index (χ4n) is 1.81. The van der Waals surface area contributed by atoms with E-state index in [1.54, 1.807) is 12.1 Å². The minimum atomic E-state index is -0.843. The van der Waals surface area contributed by atoms with Crippen molar-refractivity contribution in [3.05, 3.63) is 34.9 Å². The van der Waals surface area contributed by atoms with Gasteiger partial charge in [-0.05, 0) is 49.2 Å². The number of fused-ring (bicyclic) bond motifs is 1. The molecule has 2 N–H and O–H groups in total. The number of hydrogen-bond acceptors (Lipinski definition) is 2. The highest BCUT2D eigenvalue weighted by atomic mass is 16.4. The van der Waals surface area contributed by atoms with Gasteiger partial charge in [-0.3, -0.25) is 0 Å². The molecule has 0 amide bonds. The normalized spacial score (nSPS) is 15.7. The van der Waals surface area contributed by atoms with Crippen molar-refractivity contribution < 1.29 is 9.90 Å². The van der Waals surface area contributed by atoms with Crippen LogP contribution in [0.3, 0.4) is 0 Å². The lowest BCUT2D eigenvalue weighted by Gasteiger charge is -2.05. The fourth-order valence-corrected chi connectivity index (χ4v) is 1.81. The van der Waals surface area contributed by atoms with Gasteiger partial charge in [0.1, 0.15) is 0 Å². The Morgan fingerprint density at radius 1 is 1.21 bits per heavy atom. The van der Waals surface area contributed by atoms with E-state index in [1.165, 1.54) is 11.1 Å². The first-order valence-corrected chi connectivity index (χ1v) is 4.83. The van der Waals surface area contributed by atoms with Crippen LogP contribution in [-0.2, 0) is 12.8 Å². The summed E-state index contributed by atoms with van der Waals surface area (Å²) in [5, 5.41) is 12.1. The van der Waals surface area contributed by atoms with Gasteiger partial charge in [-0.2, -0.15) is 0 Å². The van der Waals surface area contributed by atoms with Crippen molar-refractivity contribution in [2.75, 3.05) is 13.1 Å². The van der Waals surface area contributed by atoms with Crippen molar-refractivity contribution in [3.8, 4) is 0 Å². The maximum atomic E-state index is 10.8. The first-order valence-electron chi connectivity index (χ1n) is 4.83. The molecule has 0 bridgehead atoms. The van der Waals surface area contributed by atoms with Gasteiger partial charge < -0.3 is 10.4 Å². The van der Waals surface area contributed by atoms with Gasteiger partial charge in [0, 0.05) is 0 Å². The molecular weight excluding hydrogens is 178 g/mol. The van der Waals surface area contributed by atoms with Crippen LogP contribution in [0.25, 0.3) is 0 Å².